The number of hydrogen-bond acceptors (Lipinski definition) is 2. The molecule has 0 saturated carbocycles. The minimum atomic E-state index is -0.0914. The summed E-state index contributed by atoms with van der Waals surface area (Å²) in [7, 11) is 0. The van der Waals surface area contributed by atoms with Crippen LogP contribution in [0, 0.1) is 0 Å². The van der Waals surface area contributed by atoms with Crippen LogP contribution in [0.25, 0.3) is 0 Å². The van der Waals surface area contributed by atoms with Crippen molar-refractivity contribution in [1.82, 2.24) is 0 Å². The van der Waals surface area contributed by atoms with E-state index in [1.165, 1.54) is 12.2 Å². The fourth-order valence-electron chi connectivity index (χ4n) is 1.36. The van der Waals surface area contributed by atoms with Gasteiger partial charge < -0.3 is 0 Å². The van der Waals surface area contributed by atoms with Gasteiger partial charge in [-0.1, -0.05) is 51.7 Å². The van der Waals surface area contributed by atoms with Crippen LogP contribution in [0.3, 0.4) is 0 Å². The standard InChI is InChI=1S/C15H24O2/c1-3-5-7-9-11-14(16)13-15(17)12-10-8-6-4-2/h9-12H,3-8,13H2,1-2H3/b11-9+,12-10+. The van der Waals surface area contributed by atoms with Crippen LogP contribution in [0.4, 0.5) is 0 Å². The molecule has 0 aliphatic rings. The van der Waals surface area contributed by atoms with Crippen LogP contribution < -0.4 is 0 Å². The van der Waals surface area contributed by atoms with Gasteiger partial charge in [0.25, 0.3) is 0 Å². The van der Waals surface area contributed by atoms with Crippen molar-refractivity contribution in [1.29, 1.82) is 0 Å². The smallest absolute Gasteiger partial charge is 0.163 e. The van der Waals surface area contributed by atoms with Gasteiger partial charge in [-0.05, 0) is 25.0 Å². The van der Waals surface area contributed by atoms with Gasteiger partial charge in [0.2, 0.25) is 0 Å². The summed E-state index contributed by atoms with van der Waals surface area (Å²) >= 11 is 0. The van der Waals surface area contributed by atoms with Crippen LogP contribution in [0.5, 0.6) is 0 Å². The van der Waals surface area contributed by atoms with Gasteiger partial charge in [0.1, 0.15) is 0 Å². The van der Waals surface area contributed by atoms with Crippen molar-refractivity contribution >= 4 is 11.6 Å². The first kappa shape index (κ1) is 15.8. The highest BCUT2D eigenvalue weighted by Gasteiger charge is 2.02. The van der Waals surface area contributed by atoms with Gasteiger partial charge in [-0.15, -0.1) is 0 Å². The SMILES string of the molecule is CCCC/C=C/C(=O)CC(=O)/C=C/CCCC. The van der Waals surface area contributed by atoms with Crippen molar-refractivity contribution in [2.45, 2.75) is 58.8 Å². The highest BCUT2D eigenvalue weighted by Crippen LogP contribution is 1.99. The molecule has 0 N–H and O–H groups in total. The van der Waals surface area contributed by atoms with E-state index in [0.717, 1.165) is 38.5 Å². The molecular formula is C15H24O2. The molecule has 0 heterocycles. The lowest BCUT2D eigenvalue weighted by atomic mass is 10.1. The molecule has 17 heavy (non-hydrogen) atoms. The average molecular weight is 236 g/mol. The summed E-state index contributed by atoms with van der Waals surface area (Å²) in [5.41, 5.74) is 0. The van der Waals surface area contributed by atoms with E-state index >= 15 is 0 Å². The monoisotopic (exact) mass is 236 g/mol. The fourth-order valence-corrected chi connectivity index (χ4v) is 1.36. The molecule has 0 saturated heterocycles. The van der Waals surface area contributed by atoms with E-state index in [1.807, 2.05) is 12.2 Å². The molecule has 2 nitrogen and oxygen atoms in total. The second-order valence-electron chi connectivity index (χ2n) is 4.20. The van der Waals surface area contributed by atoms with Crippen LogP contribution in [-0.2, 0) is 9.59 Å². The molecule has 96 valence electrons. The summed E-state index contributed by atoms with van der Waals surface area (Å²) in [6.45, 7) is 4.22. The fraction of sp³-hybridized carbons (Fsp3) is 0.600. The van der Waals surface area contributed by atoms with E-state index in [0.29, 0.717) is 0 Å². The summed E-state index contributed by atoms with van der Waals surface area (Å²) in [6.07, 6.45) is 13.1. The van der Waals surface area contributed by atoms with Gasteiger partial charge in [-0.25, -0.2) is 0 Å². The first-order chi connectivity index (χ1) is 8.20. The van der Waals surface area contributed by atoms with Crippen LogP contribution in [0.1, 0.15) is 58.8 Å². The Hall–Kier alpha value is -1.18. The number of allylic oxidation sites excluding steroid dienone is 4. The predicted octanol–water partition coefficient (Wildman–Crippen LogP) is 4.01. The van der Waals surface area contributed by atoms with E-state index in [9.17, 15) is 9.59 Å². The predicted molar refractivity (Wildman–Crippen MR) is 72.0 cm³/mol. The first-order valence-corrected chi connectivity index (χ1v) is 6.59. The summed E-state index contributed by atoms with van der Waals surface area (Å²) in [5, 5.41) is 0. The molecule has 0 amide bonds. The molecule has 0 unspecified atom stereocenters. The minimum absolute atomic E-state index is 0.00521. The van der Waals surface area contributed by atoms with E-state index in [-0.39, 0.29) is 18.0 Å². The molecule has 0 aromatic carbocycles. The molecular weight excluding hydrogens is 212 g/mol. The van der Waals surface area contributed by atoms with Gasteiger partial charge in [0, 0.05) is 0 Å². The Labute approximate surface area is 105 Å². The van der Waals surface area contributed by atoms with Crippen LogP contribution in [-0.4, -0.2) is 11.6 Å². The van der Waals surface area contributed by atoms with Crippen LogP contribution >= 0.6 is 0 Å². The van der Waals surface area contributed by atoms with Crippen molar-refractivity contribution in [3.8, 4) is 0 Å². The Morgan fingerprint density at radius 1 is 0.824 bits per heavy atom. The second-order valence-corrected chi connectivity index (χ2v) is 4.20. The molecule has 0 fully saturated rings. The molecule has 0 aliphatic heterocycles. The van der Waals surface area contributed by atoms with Gasteiger partial charge in [-0.3, -0.25) is 9.59 Å². The Kier molecular flexibility index (Phi) is 10.5. The van der Waals surface area contributed by atoms with Gasteiger partial charge >= 0.3 is 0 Å². The minimum Gasteiger partial charge on any atom is -0.294 e. The Bertz CT molecular complexity index is 247. The second kappa shape index (κ2) is 11.3. The molecule has 0 atom stereocenters. The van der Waals surface area contributed by atoms with Crippen molar-refractivity contribution in [3.63, 3.8) is 0 Å². The van der Waals surface area contributed by atoms with Crippen LogP contribution in [0.2, 0.25) is 0 Å². The third-order valence-corrected chi connectivity index (χ3v) is 2.40. The summed E-state index contributed by atoms with van der Waals surface area (Å²) in [4.78, 5) is 22.7. The molecule has 0 aromatic rings. The van der Waals surface area contributed by atoms with Gasteiger partial charge in [-0.2, -0.15) is 0 Å². The van der Waals surface area contributed by atoms with Crippen molar-refractivity contribution in [3.05, 3.63) is 24.3 Å². The maximum atomic E-state index is 11.4. The highest BCUT2D eigenvalue weighted by atomic mass is 16.1. The van der Waals surface area contributed by atoms with Crippen molar-refractivity contribution < 1.29 is 9.59 Å². The number of unbranched alkanes of at least 4 members (excludes halogenated alkanes) is 4. The van der Waals surface area contributed by atoms with Crippen molar-refractivity contribution in [2.24, 2.45) is 0 Å². The third-order valence-electron chi connectivity index (χ3n) is 2.40. The lowest BCUT2D eigenvalue weighted by Crippen LogP contribution is -2.01. The molecule has 0 rings (SSSR count). The van der Waals surface area contributed by atoms with E-state index in [1.54, 1.807) is 0 Å². The topological polar surface area (TPSA) is 34.1 Å². The zero-order valence-corrected chi connectivity index (χ0v) is 11.1. The molecule has 2 heteroatoms. The molecule has 0 spiro atoms. The van der Waals surface area contributed by atoms with Crippen LogP contribution in [0.15, 0.2) is 24.3 Å². The first-order valence-electron chi connectivity index (χ1n) is 6.59. The number of carbonyl (C=O) groups excluding carboxylic acids is 2. The Morgan fingerprint density at radius 3 is 1.59 bits per heavy atom. The number of ketones is 2. The number of hydrogen-bond donors (Lipinski definition) is 0. The molecule has 0 aromatic heterocycles. The maximum absolute atomic E-state index is 11.4. The Morgan fingerprint density at radius 2 is 1.24 bits per heavy atom. The quantitative estimate of drug-likeness (QED) is 0.326. The van der Waals surface area contributed by atoms with E-state index < -0.39 is 0 Å². The van der Waals surface area contributed by atoms with E-state index in [2.05, 4.69) is 13.8 Å². The zero-order valence-electron chi connectivity index (χ0n) is 11.1. The molecule has 0 aliphatic carbocycles. The van der Waals surface area contributed by atoms with Crippen molar-refractivity contribution in [2.75, 3.05) is 0 Å². The average Bonchev–Trinajstić information content (AvgIpc) is 2.30. The molecule has 0 bridgehead atoms. The number of rotatable bonds is 10. The lowest BCUT2D eigenvalue weighted by molar-refractivity contribution is -0.121. The van der Waals surface area contributed by atoms with E-state index in [4.69, 9.17) is 0 Å². The summed E-state index contributed by atoms with van der Waals surface area (Å²) in [6, 6.07) is 0. The van der Waals surface area contributed by atoms with Gasteiger partial charge in [0.05, 0.1) is 6.42 Å². The third kappa shape index (κ3) is 11.1. The summed E-state index contributed by atoms with van der Waals surface area (Å²) in [5.74, 6) is -0.183. The lowest BCUT2D eigenvalue weighted by Gasteiger charge is -1.92. The normalized spacial score (nSPS) is 11.4. The molecule has 0 radical (unpaired) electrons. The van der Waals surface area contributed by atoms with Gasteiger partial charge in [0.15, 0.2) is 11.6 Å². The highest BCUT2D eigenvalue weighted by molar-refractivity contribution is 6.08. The summed E-state index contributed by atoms with van der Waals surface area (Å²) < 4.78 is 0. The maximum Gasteiger partial charge on any atom is 0.163 e. The largest absolute Gasteiger partial charge is 0.294 e. The zero-order chi connectivity index (χ0) is 12.9. The number of carbonyl (C=O) groups is 2. The Balaban J connectivity index is 3.76.